The van der Waals surface area contributed by atoms with E-state index in [9.17, 15) is 0 Å². The summed E-state index contributed by atoms with van der Waals surface area (Å²) in [5.74, 6) is 0.758. The Morgan fingerprint density at radius 3 is 2.85 bits per heavy atom. The van der Waals surface area contributed by atoms with Crippen molar-refractivity contribution in [1.29, 1.82) is 0 Å². The summed E-state index contributed by atoms with van der Waals surface area (Å²) in [6.45, 7) is 0.940. The van der Waals surface area contributed by atoms with E-state index in [1.165, 1.54) is 12.8 Å². The second-order valence-electron chi connectivity index (χ2n) is 5.22. The molecule has 0 radical (unpaired) electrons. The lowest BCUT2D eigenvalue weighted by Crippen LogP contribution is -2.01. The summed E-state index contributed by atoms with van der Waals surface area (Å²) in [6.07, 6.45) is 4.35. The van der Waals surface area contributed by atoms with Gasteiger partial charge in [-0.05, 0) is 43.0 Å². The molecule has 4 nitrogen and oxygen atoms in total. The van der Waals surface area contributed by atoms with Crippen molar-refractivity contribution in [1.82, 2.24) is 20.0 Å². The third kappa shape index (κ3) is 1.96. The summed E-state index contributed by atoms with van der Waals surface area (Å²) in [5.41, 5.74) is 3.52. The topological polar surface area (TPSA) is 43.6 Å². The van der Waals surface area contributed by atoms with Crippen LogP contribution in [0.25, 0.3) is 22.3 Å². The minimum atomic E-state index is 0.628. The highest BCUT2D eigenvalue weighted by Crippen LogP contribution is 2.34. The third-order valence-corrected chi connectivity index (χ3v) is 4.08. The lowest BCUT2D eigenvalue weighted by atomic mass is 10.1. The highest BCUT2D eigenvalue weighted by molar-refractivity contribution is 6.37. The monoisotopic (exact) mass is 284 g/mol. The molecule has 2 heterocycles. The van der Waals surface area contributed by atoms with Crippen LogP contribution in [0.5, 0.6) is 0 Å². The summed E-state index contributed by atoms with van der Waals surface area (Å²) in [7, 11) is 0. The molecule has 20 heavy (non-hydrogen) atoms. The first-order valence-electron chi connectivity index (χ1n) is 6.76. The van der Waals surface area contributed by atoms with Gasteiger partial charge in [0.05, 0.1) is 16.2 Å². The Morgan fingerprint density at radius 1 is 1.20 bits per heavy atom. The van der Waals surface area contributed by atoms with Gasteiger partial charge in [0.2, 0.25) is 0 Å². The highest BCUT2D eigenvalue weighted by Gasteiger charge is 2.23. The van der Waals surface area contributed by atoms with Crippen LogP contribution in [-0.4, -0.2) is 20.0 Å². The van der Waals surface area contributed by atoms with Gasteiger partial charge in [-0.1, -0.05) is 22.9 Å². The van der Waals surface area contributed by atoms with Crippen LogP contribution in [0, 0.1) is 5.92 Å². The maximum Gasteiger partial charge on any atom is 0.132 e. The molecular weight excluding hydrogens is 272 g/mol. The van der Waals surface area contributed by atoms with E-state index in [4.69, 9.17) is 11.6 Å². The van der Waals surface area contributed by atoms with Gasteiger partial charge in [0.25, 0.3) is 0 Å². The lowest BCUT2D eigenvalue weighted by molar-refractivity contribution is 0.559. The molecule has 0 atom stereocenters. The van der Waals surface area contributed by atoms with E-state index < -0.39 is 0 Å². The summed E-state index contributed by atoms with van der Waals surface area (Å²) in [6, 6.07) is 9.82. The van der Waals surface area contributed by atoms with Gasteiger partial charge in [-0.3, -0.25) is 4.98 Å². The fourth-order valence-corrected chi connectivity index (χ4v) is 2.70. The number of fused-ring (bicyclic) bond motifs is 1. The molecule has 1 saturated carbocycles. The quantitative estimate of drug-likeness (QED) is 0.739. The molecule has 0 N–H and O–H groups in total. The molecule has 1 aliphatic carbocycles. The van der Waals surface area contributed by atoms with Crippen molar-refractivity contribution in [2.75, 3.05) is 0 Å². The molecule has 100 valence electrons. The Hall–Kier alpha value is -1.94. The number of aromatic nitrogens is 4. The van der Waals surface area contributed by atoms with Gasteiger partial charge in [-0.25, -0.2) is 4.68 Å². The average molecular weight is 285 g/mol. The number of halogens is 1. The van der Waals surface area contributed by atoms with E-state index >= 15 is 0 Å². The Morgan fingerprint density at radius 2 is 2.10 bits per heavy atom. The van der Waals surface area contributed by atoms with Crippen molar-refractivity contribution >= 4 is 22.6 Å². The standard InChI is InChI=1S/C15H13ClN4/c16-14-11(12-3-1-2-8-17-12)6-7-13-15(14)18-19-20(13)9-10-4-5-10/h1-3,6-8,10H,4-5,9H2. The van der Waals surface area contributed by atoms with E-state index in [0.29, 0.717) is 5.02 Å². The first-order chi connectivity index (χ1) is 9.83. The van der Waals surface area contributed by atoms with Crippen molar-refractivity contribution in [3.63, 3.8) is 0 Å². The summed E-state index contributed by atoms with van der Waals surface area (Å²) in [5, 5.41) is 9.10. The minimum absolute atomic E-state index is 0.628. The summed E-state index contributed by atoms with van der Waals surface area (Å²) < 4.78 is 1.96. The van der Waals surface area contributed by atoms with Gasteiger partial charge in [-0.2, -0.15) is 0 Å². The molecule has 0 amide bonds. The van der Waals surface area contributed by atoms with Gasteiger partial charge in [0.1, 0.15) is 5.52 Å². The van der Waals surface area contributed by atoms with Crippen molar-refractivity contribution in [3.8, 4) is 11.3 Å². The summed E-state index contributed by atoms with van der Waals surface area (Å²) >= 11 is 6.49. The van der Waals surface area contributed by atoms with Crippen molar-refractivity contribution in [2.45, 2.75) is 19.4 Å². The Kier molecular flexibility index (Phi) is 2.70. The molecule has 0 saturated heterocycles. The predicted molar refractivity (Wildman–Crippen MR) is 78.5 cm³/mol. The third-order valence-electron chi connectivity index (χ3n) is 3.69. The first-order valence-corrected chi connectivity index (χ1v) is 7.14. The number of rotatable bonds is 3. The molecular formula is C15H13ClN4. The van der Waals surface area contributed by atoms with Crippen LogP contribution >= 0.6 is 11.6 Å². The van der Waals surface area contributed by atoms with E-state index in [1.807, 2.05) is 35.0 Å². The Bertz CT molecular complexity index is 762. The van der Waals surface area contributed by atoms with E-state index in [1.54, 1.807) is 6.20 Å². The van der Waals surface area contributed by atoms with Gasteiger partial charge < -0.3 is 0 Å². The smallest absolute Gasteiger partial charge is 0.132 e. The first kappa shape index (κ1) is 11.9. The van der Waals surface area contributed by atoms with Gasteiger partial charge in [0, 0.05) is 18.3 Å². The highest BCUT2D eigenvalue weighted by atomic mass is 35.5. The Balaban J connectivity index is 1.83. The molecule has 5 heteroatoms. The zero-order valence-electron chi connectivity index (χ0n) is 10.8. The maximum absolute atomic E-state index is 6.49. The van der Waals surface area contributed by atoms with E-state index in [-0.39, 0.29) is 0 Å². The van der Waals surface area contributed by atoms with Crippen molar-refractivity contribution in [2.24, 2.45) is 5.92 Å². The number of hydrogen-bond donors (Lipinski definition) is 0. The summed E-state index contributed by atoms with van der Waals surface area (Å²) in [4.78, 5) is 4.34. The molecule has 4 rings (SSSR count). The molecule has 2 aromatic heterocycles. The van der Waals surface area contributed by atoms with Crippen LogP contribution in [0.2, 0.25) is 5.02 Å². The van der Waals surface area contributed by atoms with Gasteiger partial charge >= 0.3 is 0 Å². The Labute approximate surface area is 121 Å². The molecule has 1 fully saturated rings. The minimum Gasteiger partial charge on any atom is -0.256 e. The van der Waals surface area contributed by atoms with Crippen LogP contribution in [0.4, 0.5) is 0 Å². The van der Waals surface area contributed by atoms with Crippen LogP contribution < -0.4 is 0 Å². The molecule has 0 aliphatic heterocycles. The van der Waals surface area contributed by atoms with Crippen molar-refractivity contribution in [3.05, 3.63) is 41.6 Å². The van der Waals surface area contributed by atoms with Crippen molar-refractivity contribution < 1.29 is 0 Å². The number of pyridine rings is 1. The second kappa shape index (κ2) is 4.56. The van der Waals surface area contributed by atoms with Gasteiger partial charge in [0.15, 0.2) is 0 Å². The van der Waals surface area contributed by atoms with Crippen LogP contribution in [0.1, 0.15) is 12.8 Å². The maximum atomic E-state index is 6.49. The second-order valence-corrected chi connectivity index (χ2v) is 5.60. The molecule has 0 spiro atoms. The molecule has 1 aliphatic rings. The molecule has 0 unspecified atom stereocenters. The average Bonchev–Trinajstić information content (AvgIpc) is 3.20. The number of hydrogen-bond acceptors (Lipinski definition) is 3. The van der Waals surface area contributed by atoms with Crippen LogP contribution in [0.3, 0.4) is 0 Å². The van der Waals surface area contributed by atoms with E-state index in [2.05, 4.69) is 15.3 Å². The number of benzene rings is 1. The molecule has 3 aromatic rings. The van der Waals surface area contributed by atoms with E-state index in [0.717, 1.165) is 34.8 Å². The van der Waals surface area contributed by atoms with Gasteiger partial charge in [-0.15, -0.1) is 5.10 Å². The van der Waals surface area contributed by atoms with Crippen LogP contribution in [0.15, 0.2) is 36.5 Å². The molecule has 1 aromatic carbocycles. The largest absolute Gasteiger partial charge is 0.256 e. The zero-order valence-corrected chi connectivity index (χ0v) is 11.6. The van der Waals surface area contributed by atoms with Crippen LogP contribution in [-0.2, 0) is 6.54 Å². The fraction of sp³-hybridized carbons (Fsp3) is 0.267. The predicted octanol–water partition coefficient (Wildman–Crippen LogP) is 3.56. The normalized spacial score (nSPS) is 14.8. The molecule has 0 bridgehead atoms. The SMILES string of the molecule is Clc1c(-c2ccccn2)ccc2c1nnn2CC1CC1. The zero-order chi connectivity index (χ0) is 13.5. The fourth-order valence-electron chi connectivity index (χ4n) is 2.40. The lowest BCUT2D eigenvalue weighted by Gasteiger charge is -2.05. The number of nitrogens with zero attached hydrogens (tertiary/aromatic N) is 4.